The van der Waals surface area contributed by atoms with E-state index in [1.165, 1.54) is 19.3 Å². The fourth-order valence-electron chi connectivity index (χ4n) is 3.17. The molecule has 1 aromatic rings. The van der Waals surface area contributed by atoms with Crippen LogP contribution in [0.3, 0.4) is 0 Å². The van der Waals surface area contributed by atoms with Crippen LogP contribution in [-0.2, 0) is 4.79 Å². The van der Waals surface area contributed by atoms with Gasteiger partial charge in [0.05, 0.1) is 0 Å². The zero-order valence-corrected chi connectivity index (χ0v) is 15.4. The summed E-state index contributed by atoms with van der Waals surface area (Å²) in [4.78, 5) is 12.2. The molecule has 1 saturated carbocycles. The summed E-state index contributed by atoms with van der Waals surface area (Å²) < 4.78 is 5.80. The van der Waals surface area contributed by atoms with E-state index in [9.17, 15) is 4.79 Å². The molecule has 0 radical (unpaired) electrons. The smallest absolute Gasteiger partial charge is 0.258 e. The minimum absolute atomic E-state index is 0.0361. The van der Waals surface area contributed by atoms with Gasteiger partial charge in [-0.15, -0.1) is 0 Å². The third-order valence-electron chi connectivity index (χ3n) is 4.73. The van der Waals surface area contributed by atoms with E-state index in [4.69, 9.17) is 16.3 Å². The summed E-state index contributed by atoms with van der Waals surface area (Å²) in [6.45, 7) is 8.41. The number of hydrogen-bond donors (Lipinski definition) is 1. The minimum Gasteiger partial charge on any atom is -0.483 e. The number of rotatable bonds is 5. The van der Waals surface area contributed by atoms with Crippen molar-refractivity contribution in [2.24, 2.45) is 5.92 Å². The van der Waals surface area contributed by atoms with Gasteiger partial charge >= 0.3 is 0 Å². The van der Waals surface area contributed by atoms with Crippen LogP contribution >= 0.6 is 11.6 Å². The van der Waals surface area contributed by atoms with Crippen LogP contribution in [0.15, 0.2) is 12.1 Å². The Morgan fingerprint density at radius 3 is 2.70 bits per heavy atom. The molecule has 1 amide bonds. The van der Waals surface area contributed by atoms with Gasteiger partial charge in [-0.1, -0.05) is 45.2 Å². The molecule has 1 aliphatic rings. The van der Waals surface area contributed by atoms with Gasteiger partial charge in [0, 0.05) is 11.1 Å². The Morgan fingerprint density at radius 1 is 1.35 bits per heavy atom. The van der Waals surface area contributed by atoms with Crippen molar-refractivity contribution in [1.82, 2.24) is 5.32 Å². The average molecular weight is 338 g/mol. The summed E-state index contributed by atoms with van der Waals surface area (Å²) in [7, 11) is 0. The molecule has 4 heteroatoms. The molecule has 0 heterocycles. The second kappa shape index (κ2) is 8.05. The van der Waals surface area contributed by atoms with Gasteiger partial charge in [0.1, 0.15) is 5.75 Å². The van der Waals surface area contributed by atoms with Crippen LogP contribution < -0.4 is 10.1 Å². The maximum Gasteiger partial charge on any atom is 0.258 e. The lowest BCUT2D eigenvalue weighted by atomic mass is 9.86. The van der Waals surface area contributed by atoms with E-state index in [2.05, 4.69) is 26.1 Å². The molecule has 3 nitrogen and oxygen atoms in total. The third-order valence-corrected chi connectivity index (χ3v) is 5.14. The normalized spacial score (nSPS) is 21.3. The molecule has 23 heavy (non-hydrogen) atoms. The van der Waals surface area contributed by atoms with E-state index in [1.807, 2.05) is 19.1 Å². The quantitative estimate of drug-likeness (QED) is 0.834. The van der Waals surface area contributed by atoms with Gasteiger partial charge in [-0.2, -0.15) is 0 Å². The predicted octanol–water partition coefficient (Wildman–Crippen LogP) is 4.85. The molecule has 1 aliphatic carbocycles. The van der Waals surface area contributed by atoms with Gasteiger partial charge in [0.15, 0.2) is 6.61 Å². The molecule has 128 valence electrons. The van der Waals surface area contributed by atoms with Crippen LogP contribution in [0.1, 0.15) is 63.5 Å². The Balaban J connectivity index is 1.97. The first kappa shape index (κ1) is 18.1. The second-order valence-corrected chi connectivity index (χ2v) is 7.43. The van der Waals surface area contributed by atoms with E-state index in [1.54, 1.807) is 0 Å². The topological polar surface area (TPSA) is 38.3 Å². The summed E-state index contributed by atoms with van der Waals surface area (Å²) in [5, 5.41) is 3.86. The number of aryl methyl sites for hydroxylation is 1. The van der Waals surface area contributed by atoms with E-state index in [-0.39, 0.29) is 18.6 Å². The number of carbonyl (C=O) groups is 1. The van der Waals surface area contributed by atoms with Crippen LogP contribution in [0.25, 0.3) is 0 Å². The van der Waals surface area contributed by atoms with Crippen LogP contribution in [0, 0.1) is 12.8 Å². The maximum atomic E-state index is 12.2. The van der Waals surface area contributed by atoms with Gasteiger partial charge in [-0.3, -0.25) is 4.79 Å². The van der Waals surface area contributed by atoms with E-state index in [0.29, 0.717) is 11.8 Å². The Labute approximate surface area is 144 Å². The first-order chi connectivity index (χ1) is 10.9. The monoisotopic (exact) mass is 337 g/mol. The molecule has 0 unspecified atom stereocenters. The Kier molecular flexibility index (Phi) is 6.34. The molecule has 2 rings (SSSR count). The highest BCUT2D eigenvalue weighted by Gasteiger charge is 2.23. The highest BCUT2D eigenvalue weighted by Crippen LogP contribution is 2.32. The van der Waals surface area contributed by atoms with Crippen molar-refractivity contribution in [3.05, 3.63) is 28.3 Å². The number of nitrogens with one attached hydrogen (secondary N) is 1. The Hall–Kier alpha value is -1.22. The molecule has 0 aromatic heterocycles. The van der Waals surface area contributed by atoms with Crippen molar-refractivity contribution < 1.29 is 9.53 Å². The molecule has 1 fully saturated rings. The van der Waals surface area contributed by atoms with Gasteiger partial charge < -0.3 is 10.1 Å². The number of ether oxygens (including phenoxy) is 1. The Morgan fingerprint density at radius 2 is 2.04 bits per heavy atom. The minimum atomic E-state index is -0.0361. The largest absolute Gasteiger partial charge is 0.483 e. The molecule has 0 bridgehead atoms. The number of benzene rings is 1. The number of halogens is 1. The number of amides is 1. The SMILES string of the molecule is Cc1cc(OCC(=O)N[C@@H]2CCCC[C@@H]2C)c(C(C)C)cc1Cl. The van der Waals surface area contributed by atoms with E-state index < -0.39 is 0 Å². The second-order valence-electron chi connectivity index (χ2n) is 7.02. The molecular formula is C19H28ClNO2. The summed E-state index contributed by atoms with van der Waals surface area (Å²) in [5.41, 5.74) is 2.01. The van der Waals surface area contributed by atoms with Crippen LogP contribution in [0.5, 0.6) is 5.75 Å². The van der Waals surface area contributed by atoms with E-state index in [0.717, 1.165) is 28.3 Å². The zero-order valence-electron chi connectivity index (χ0n) is 14.6. The summed E-state index contributed by atoms with van der Waals surface area (Å²) in [6.07, 6.45) is 4.74. The lowest BCUT2D eigenvalue weighted by Gasteiger charge is -2.29. The summed E-state index contributed by atoms with van der Waals surface area (Å²) >= 11 is 6.20. The molecule has 2 atom stereocenters. The lowest BCUT2D eigenvalue weighted by Crippen LogP contribution is -2.43. The van der Waals surface area contributed by atoms with Gasteiger partial charge in [-0.05, 0) is 54.9 Å². The fraction of sp³-hybridized carbons (Fsp3) is 0.632. The van der Waals surface area contributed by atoms with Crippen molar-refractivity contribution in [2.75, 3.05) is 6.61 Å². The van der Waals surface area contributed by atoms with Crippen LogP contribution in [0.2, 0.25) is 5.02 Å². The highest BCUT2D eigenvalue weighted by atomic mass is 35.5. The zero-order chi connectivity index (χ0) is 17.0. The molecule has 1 N–H and O–H groups in total. The molecule has 0 saturated heterocycles. The summed E-state index contributed by atoms with van der Waals surface area (Å²) in [5.74, 6) is 1.57. The van der Waals surface area contributed by atoms with Gasteiger partial charge in [0.2, 0.25) is 0 Å². The van der Waals surface area contributed by atoms with Crippen molar-refractivity contribution in [2.45, 2.75) is 65.3 Å². The maximum absolute atomic E-state index is 12.2. The van der Waals surface area contributed by atoms with Crippen molar-refractivity contribution in [3.63, 3.8) is 0 Å². The molecule has 0 aliphatic heterocycles. The van der Waals surface area contributed by atoms with Crippen molar-refractivity contribution >= 4 is 17.5 Å². The third kappa shape index (κ3) is 4.87. The fourth-order valence-corrected chi connectivity index (χ4v) is 3.34. The lowest BCUT2D eigenvalue weighted by molar-refractivity contribution is -0.124. The molecule has 1 aromatic carbocycles. The van der Waals surface area contributed by atoms with Gasteiger partial charge in [0.25, 0.3) is 5.91 Å². The van der Waals surface area contributed by atoms with Crippen LogP contribution in [-0.4, -0.2) is 18.6 Å². The average Bonchev–Trinajstić information content (AvgIpc) is 2.50. The predicted molar refractivity (Wildman–Crippen MR) is 95.3 cm³/mol. The standard InChI is InChI=1S/C19H28ClNO2/c1-12(2)15-10-16(20)14(4)9-18(15)23-11-19(22)21-17-8-6-5-7-13(17)3/h9-10,12-13,17H,5-8,11H2,1-4H3,(H,21,22)/t13-,17+/m0/s1. The van der Waals surface area contributed by atoms with Gasteiger partial charge in [-0.25, -0.2) is 0 Å². The van der Waals surface area contributed by atoms with Crippen molar-refractivity contribution in [3.8, 4) is 5.75 Å². The summed E-state index contributed by atoms with van der Waals surface area (Å²) in [6, 6.07) is 4.16. The molecule has 0 spiro atoms. The van der Waals surface area contributed by atoms with E-state index >= 15 is 0 Å². The molecular weight excluding hydrogens is 310 g/mol. The first-order valence-corrected chi connectivity index (χ1v) is 8.98. The van der Waals surface area contributed by atoms with Crippen molar-refractivity contribution in [1.29, 1.82) is 0 Å². The number of carbonyl (C=O) groups excluding carboxylic acids is 1. The van der Waals surface area contributed by atoms with Crippen LogP contribution in [0.4, 0.5) is 0 Å². The first-order valence-electron chi connectivity index (χ1n) is 8.60. The highest BCUT2D eigenvalue weighted by molar-refractivity contribution is 6.31. The Bertz CT molecular complexity index is 557. The number of hydrogen-bond acceptors (Lipinski definition) is 2.